The van der Waals surface area contributed by atoms with E-state index in [1.165, 1.54) is 83.9 Å². The third-order valence-corrected chi connectivity index (χ3v) is 16.4. The zero-order valence-corrected chi connectivity index (χ0v) is 44.0. The maximum atomic E-state index is 6.66. The van der Waals surface area contributed by atoms with Crippen LogP contribution in [0, 0.1) is 55.6 Å². The van der Waals surface area contributed by atoms with E-state index in [0.29, 0.717) is 34.2 Å². The summed E-state index contributed by atoms with van der Waals surface area (Å²) in [4.78, 5) is 9.93. The quantitative estimate of drug-likeness (QED) is 0.135. The minimum Gasteiger partial charge on any atom is -0.503 e. The van der Waals surface area contributed by atoms with Crippen molar-refractivity contribution >= 4 is 21.8 Å². The Morgan fingerprint density at radius 3 is 1.87 bits per heavy atom. The van der Waals surface area contributed by atoms with E-state index in [1.807, 2.05) is 24.4 Å². The van der Waals surface area contributed by atoms with Crippen LogP contribution in [0.15, 0.2) is 152 Å². The van der Waals surface area contributed by atoms with Crippen LogP contribution in [0.2, 0.25) is 0 Å². The summed E-state index contributed by atoms with van der Waals surface area (Å²) in [7, 11) is 0. The second kappa shape index (κ2) is 19.3. The van der Waals surface area contributed by atoms with Gasteiger partial charge in [0.1, 0.15) is 5.82 Å². The number of fused-ring (bicyclic) bond motifs is 3. The molecule has 0 saturated heterocycles. The second-order valence-electron chi connectivity index (χ2n) is 21.7. The summed E-state index contributed by atoms with van der Waals surface area (Å²) < 4.78 is 8.88. The maximum absolute atomic E-state index is 6.66. The molecule has 4 nitrogen and oxygen atoms in total. The van der Waals surface area contributed by atoms with E-state index in [2.05, 4.69) is 193 Å². The van der Waals surface area contributed by atoms with Gasteiger partial charge in [-0.1, -0.05) is 136 Å². The number of ether oxygens (including phenoxy) is 1. The van der Waals surface area contributed by atoms with E-state index in [4.69, 9.17) is 14.7 Å². The van der Waals surface area contributed by atoms with E-state index in [-0.39, 0.29) is 21.1 Å². The Morgan fingerprint density at radius 2 is 1.20 bits per heavy atom. The van der Waals surface area contributed by atoms with E-state index >= 15 is 0 Å². The molecule has 3 aromatic heterocycles. The van der Waals surface area contributed by atoms with E-state index < -0.39 is 0 Å². The molecule has 0 aliphatic heterocycles. The molecule has 2 saturated carbocycles. The van der Waals surface area contributed by atoms with Crippen molar-refractivity contribution in [2.45, 2.75) is 99.3 Å². The predicted molar refractivity (Wildman–Crippen MR) is 286 cm³/mol. The molecule has 2 fully saturated rings. The number of hydrogen-bond acceptors (Lipinski definition) is 3. The summed E-state index contributed by atoms with van der Waals surface area (Å²) in [5.74, 6) is 4.11. The normalized spacial score (nSPS) is 19.2. The number of rotatable bonds is 9. The van der Waals surface area contributed by atoms with Crippen LogP contribution in [0.25, 0.3) is 72.3 Å². The summed E-state index contributed by atoms with van der Waals surface area (Å²) in [6, 6.07) is 57.1. The van der Waals surface area contributed by atoms with Crippen molar-refractivity contribution in [3.05, 3.63) is 186 Å². The fraction of sp³-hybridized carbons (Fsp3) is 0.292. The Balaban J connectivity index is 0.00000567. The van der Waals surface area contributed by atoms with Crippen molar-refractivity contribution in [1.82, 2.24) is 14.5 Å². The number of nitrogens with zero attached hydrogens (tertiary/aromatic N) is 3. The van der Waals surface area contributed by atoms with Gasteiger partial charge in [0.05, 0.1) is 0 Å². The molecular formula is C65H63N3OPt. The Hall–Kier alpha value is -6.09. The van der Waals surface area contributed by atoms with Crippen LogP contribution in [0.3, 0.4) is 0 Å². The molecule has 11 rings (SSSR count). The molecule has 9 aromatic rings. The maximum Gasteiger partial charge on any atom is 2.00 e. The zero-order valence-electron chi connectivity index (χ0n) is 41.7. The molecular weight excluding hydrogens is 1030 g/mol. The Morgan fingerprint density at radius 1 is 0.571 bits per heavy atom. The largest absolute Gasteiger partial charge is 2.00 e. The number of benzene rings is 6. The van der Waals surface area contributed by atoms with Crippen LogP contribution >= 0.6 is 0 Å². The smallest absolute Gasteiger partial charge is 0.503 e. The van der Waals surface area contributed by atoms with Crippen LogP contribution in [0.5, 0.6) is 11.5 Å². The topological polar surface area (TPSA) is 39.9 Å². The standard InChI is InChI=1S/C65H63N3O.Pt/c1-42-34-63(67-40-44(42)3)68-61-27-24-51(50-22-20-49(21-23-50)48-18-16-47(17-19-48)46-12-9-8-10-13-46)36-59(61)57-26-25-55(37-62(57)68)69-54-15-11-14-52(35-54)60-38-58(45(4)41-66-60)56-30-33-65(7,39-43(56)2)53-28-31-64(5,6)32-29-53;/h8-27,34,36,38,40-41,43,53,56H,28-33,39H2,1-7H3;/q-2;+2. The first-order valence-corrected chi connectivity index (χ1v) is 25.3. The summed E-state index contributed by atoms with van der Waals surface area (Å²) >= 11 is 0. The van der Waals surface area contributed by atoms with Gasteiger partial charge in [-0.2, -0.15) is 6.07 Å². The molecule has 0 radical (unpaired) electrons. The molecule has 2 aliphatic rings. The van der Waals surface area contributed by atoms with Crippen molar-refractivity contribution in [2.24, 2.45) is 22.7 Å². The minimum absolute atomic E-state index is 0. The molecule has 0 amide bonds. The summed E-state index contributed by atoms with van der Waals surface area (Å²) in [6.07, 6.45) is 13.4. The van der Waals surface area contributed by atoms with E-state index in [0.717, 1.165) is 61.5 Å². The average Bonchev–Trinajstić information content (AvgIpc) is 3.68. The van der Waals surface area contributed by atoms with Gasteiger partial charge < -0.3 is 14.3 Å². The molecule has 0 N–H and O–H groups in total. The predicted octanol–water partition coefficient (Wildman–Crippen LogP) is 17.7. The van der Waals surface area contributed by atoms with Crippen LogP contribution in [-0.4, -0.2) is 14.5 Å². The third kappa shape index (κ3) is 9.33. The van der Waals surface area contributed by atoms with Crippen LogP contribution in [-0.2, 0) is 21.1 Å². The van der Waals surface area contributed by atoms with Gasteiger partial charge in [0.2, 0.25) is 0 Å². The van der Waals surface area contributed by atoms with Crippen molar-refractivity contribution in [3.63, 3.8) is 0 Å². The Bertz CT molecular complexity index is 3320. The second-order valence-corrected chi connectivity index (χ2v) is 21.7. The van der Waals surface area contributed by atoms with E-state index in [1.54, 1.807) is 0 Å². The molecule has 3 unspecified atom stereocenters. The summed E-state index contributed by atoms with van der Waals surface area (Å²) in [5.41, 5.74) is 17.0. The first-order chi connectivity index (χ1) is 33.4. The van der Waals surface area contributed by atoms with Gasteiger partial charge in [-0.3, -0.25) is 0 Å². The van der Waals surface area contributed by atoms with E-state index in [9.17, 15) is 0 Å². The Kier molecular flexibility index (Phi) is 13.1. The van der Waals surface area contributed by atoms with Crippen molar-refractivity contribution in [2.75, 3.05) is 0 Å². The first kappa shape index (κ1) is 47.6. The van der Waals surface area contributed by atoms with Gasteiger partial charge in [0.15, 0.2) is 0 Å². The summed E-state index contributed by atoms with van der Waals surface area (Å²) in [6.45, 7) is 16.5. The molecule has 3 heterocycles. The third-order valence-electron chi connectivity index (χ3n) is 16.4. The zero-order chi connectivity index (χ0) is 47.4. The summed E-state index contributed by atoms with van der Waals surface area (Å²) in [5, 5.41) is 2.22. The number of hydrogen-bond donors (Lipinski definition) is 0. The first-order valence-electron chi connectivity index (χ1n) is 25.3. The molecule has 5 heteroatoms. The molecule has 3 atom stereocenters. The number of aryl methyl sites for hydroxylation is 3. The van der Waals surface area contributed by atoms with Gasteiger partial charge in [-0.05, 0) is 173 Å². The van der Waals surface area contributed by atoms with Crippen LogP contribution in [0.4, 0.5) is 0 Å². The molecule has 0 spiro atoms. The Labute approximate surface area is 429 Å². The van der Waals surface area contributed by atoms with Crippen molar-refractivity contribution in [1.29, 1.82) is 0 Å². The van der Waals surface area contributed by atoms with Crippen molar-refractivity contribution < 1.29 is 25.8 Å². The van der Waals surface area contributed by atoms with Gasteiger partial charge >= 0.3 is 21.1 Å². The number of pyridine rings is 2. The molecule has 0 bridgehead atoms. The van der Waals surface area contributed by atoms with Gasteiger partial charge in [0, 0.05) is 29.4 Å². The molecule has 354 valence electrons. The fourth-order valence-corrected chi connectivity index (χ4v) is 12.0. The number of aromatic nitrogens is 3. The fourth-order valence-electron chi connectivity index (χ4n) is 12.0. The van der Waals surface area contributed by atoms with Gasteiger partial charge in [-0.15, -0.1) is 41.3 Å². The van der Waals surface area contributed by atoms with Crippen molar-refractivity contribution in [3.8, 4) is 62.0 Å². The average molecular weight is 1100 g/mol. The molecule has 70 heavy (non-hydrogen) atoms. The van der Waals surface area contributed by atoms with Gasteiger partial charge in [0.25, 0.3) is 0 Å². The minimum atomic E-state index is 0. The van der Waals surface area contributed by atoms with Crippen LogP contribution < -0.4 is 4.74 Å². The SMILES string of the molecule is Cc1cnc(-n2c3[c-]c(Oc4[c-]c(-c5cc(C6CCC(C)(C7CCC(C)(C)CC7)CC6C)c(C)cn5)ccc4)ccc3c3cc(-c4ccc(-c5ccc(-c6ccccc6)cc5)cc4)ccc32)cc1C.[Pt+2]. The molecule has 2 aliphatic carbocycles. The molecule has 6 aromatic carbocycles. The van der Waals surface area contributed by atoms with Crippen LogP contribution in [0.1, 0.15) is 101 Å². The van der Waals surface area contributed by atoms with Gasteiger partial charge in [-0.25, -0.2) is 4.98 Å². The monoisotopic (exact) mass is 1100 g/mol.